The summed E-state index contributed by atoms with van der Waals surface area (Å²) >= 11 is 3.44. The zero-order valence-corrected chi connectivity index (χ0v) is 12.9. The Hall–Kier alpha value is -0.420. The summed E-state index contributed by atoms with van der Waals surface area (Å²) in [7, 11) is 2.08. The van der Waals surface area contributed by atoms with E-state index in [1.165, 1.54) is 5.56 Å². The van der Waals surface area contributed by atoms with E-state index in [-0.39, 0.29) is 6.29 Å². The second-order valence-corrected chi connectivity index (χ2v) is 5.08. The zero-order chi connectivity index (χ0) is 13.4. The Morgan fingerprint density at radius 2 is 1.67 bits per heavy atom. The Morgan fingerprint density at radius 1 is 1.11 bits per heavy atom. The first-order valence-electron chi connectivity index (χ1n) is 6.31. The van der Waals surface area contributed by atoms with Crippen LogP contribution in [0.25, 0.3) is 0 Å². The highest BCUT2D eigenvalue weighted by molar-refractivity contribution is 9.10. The maximum Gasteiger partial charge on any atom is 0.170 e. The van der Waals surface area contributed by atoms with E-state index >= 15 is 0 Å². The van der Waals surface area contributed by atoms with Gasteiger partial charge in [-0.3, -0.25) is 4.90 Å². The number of ether oxygens (including phenoxy) is 2. The summed E-state index contributed by atoms with van der Waals surface area (Å²) in [6.45, 7) is 7.00. The second kappa shape index (κ2) is 8.64. The second-order valence-electron chi connectivity index (χ2n) is 4.16. The highest BCUT2D eigenvalue weighted by Gasteiger charge is 2.11. The molecule has 1 rings (SSSR count). The molecule has 0 aliphatic heterocycles. The van der Waals surface area contributed by atoms with Crippen LogP contribution in [0.1, 0.15) is 19.4 Å². The molecule has 0 aromatic heterocycles. The molecular weight excluding hydrogens is 294 g/mol. The van der Waals surface area contributed by atoms with Crippen molar-refractivity contribution in [3.05, 3.63) is 34.3 Å². The van der Waals surface area contributed by atoms with Gasteiger partial charge in [0.25, 0.3) is 0 Å². The summed E-state index contributed by atoms with van der Waals surface area (Å²) in [6, 6.07) is 8.37. The lowest BCUT2D eigenvalue weighted by Crippen LogP contribution is -2.32. The monoisotopic (exact) mass is 315 g/mol. The van der Waals surface area contributed by atoms with Gasteiger partial charge in [0.05, 0.1) is 0 Å². The molecule has 1 aromatic carbocycles. The van der Waals surface area contributed by atoms with Crippen molar-refractivity contribution in [2.75, 3.05) is 26.8 Å². The minimum Gasteiger partial charge on any atom is -0.352 e. The van der Waals surface area contributed by atoms with E-state index in [0.29, 0.717) is 13.2 Å². The standard InChI is InChI=1S/C14H22BrNO2/c1-4-17-14(18-5-2)11-16(3)10-12-6-8-13(15)9-7-12/h6-9,14H,4-5,10-11H2,1-3H3. The van der Waals surface area contributed by atoms with E-state index in [2.05, 4.69) is 52.1 Å². The predicted molar refractivity (Wildman–Crippen MR) is 77.5 cm³/mol. The fraction of sp³-hybridized carbons (Fsp3) is 0.571. The van der Waals surface area contributed by atoms with Crippen LogP contribution in [0.4, 0.5) is 0 Å². The molecule has 18 heavy (non-hydrogen) atoms. The molecule has 0 atom stereocenters. The number of benzene rings is 1. The lowest BCUT2D eigenvalue weighted by molar-refractivity contribution is -0.145. The Bertz CT molecular complexity index is 323. The van der Waals surface area contributed by atoms with Crippen molar-refractivity contribution in [1.29, 1.82) is 0 Å². The number of nitrogens with zero attached hydrogens (tertiary/aromatic N) is 1. The van der Waals surface area contributed by atoms with E-state index in [4.69, 9.17) is 9.47 Å². The Balaban J connectivity index is 2.43. The fourth-order valence-electron chi connectivity index (χ4n) is 1.75. The van der Waals surface area contributed by atoms with Gasteiger partial charge < -0.3 is 9.47 Å². The largest absolute Gasteiger partial charge is 0.352 e. The van der Waals surface area contributed by atoms with Crippen molar-refractivity contribution in [3.63, 3.8) is 0 Å². The summed E-state index contributed by atoms with van der Waals surface area (Å²) in [5.74, 6) is 0. The van der Waals surface area contributed by atoms with Gasteiger partial charge in [0.1, 0.15) is 0 Å². The van der Waals surface area contributed by atoms with Crippen LogP contribution >= 0.6 is 15.9 Å². The quantitative estimate of drug-likeness (QED) is 0.687. The van der Waals surface area contributed by atoms with Crippen molar-refractivity contribution in [1.82, 2.24) is 4.90 Å². The summed E-state index contributed by atoms with van der Waals surface area (Å²) in [4.78, 5) is 2.21. The van der Waals surface area contributed by atoms with Crippen LogP contribution < -0.4 is 0 Å². The minimum atomic E-state index is -0.138. The average molecular weight is 316 g/mol. The van der Waals surface area contributed by atoms with Gasteiger partial charge in [-0.25, -0.2) is 0 Å². The van der Waals surface area contributed by atoms with E-state index < -0.39 is 0 Å². The van der Waals surface area contributed by atoms with Crippen molar-refractivity contribution in [2.24, 2.45) is 0 Å². The summed E-state index contributed by atoms with van der Waals surface area (Å²) in [5.41, 5.74) is 1.28. The molecule has 0 radical (unpaired) electrons. The first kappa shape index (κ1) is 15.6. The van der Waals surface area contributed by atoms with Gasteiger partial charge in [-0.15, -0.1) is 0 Å². The minimum absolute atomic E-state index is 0.138. The summed E-state index contributed by atoms with van der Waals surface area (Å²) < 4.78 is 12.2. The lowest BCUT2D eigenvalue weighted by atomic mass is 10.2. The molecular formula is C14H22BrNO2. The van der Waals surface area contributed by atoms with E-state index in [1.54, 1.807) is 0 Å². The van der Waals surface area contributed by atoms with Gasteiger partial charge in [-0.2, -0.15) is 0 Å². The van der Waals surface area contributed by atoms with Gasteiger partial charge in [0.15, 0.2) is 6.29 Å². The topological polar surface area (TPSA) is 21.7 Å². The van der Waals surface area contributed by atoms with Crippen molar-refractivity contribution < 1.29 is 9.47 Å². The molecule has 4 heteroatoms. The molecule has 0 heterocycles. The van der Waals surface area contributed by atoms with Crippen LogP contribution in [0.3, 0.4) is 0 Å². The van der Waals surface area contributed by atoms with Crippen LogP contribution in [0.2, 0.25) is 0 Å². The number of halogens is 1. The molecule has 0 saturated carbocycles. The molecule has 0 fully saturated rings. The average Bonchev–Trinajstić information content (AvgIpc) is 2.33. The first-order valence-corrected chi connectivity index (χ1v) is 7.11. The molecule has 102 valence electrons. The molecule has 0 unspecified atom stereocenters. The van der Waals surface area contributed by atoms with Gasteiger partial charge in [0.2, 0.25) is 0 Å². The number of rotatable bonds is 8. The highest BCUT2D eigenvalue weighted by Crippen LogP contribution is 2.12. The molecule has 0 saturated heterocycles. The number of hydrogen-bond donors (Lipinski definition) is 0. The highest BCUT2D eigenvalue weighted by atomic mass is 79.9. The molecule has 0 bridgehead atoms. The normalized spacial score (nSPS) is 11.4. The summed E-state index contributed by atoms with van der Waals surface area (Å²) in [5, 5.41) is 0. The van der Waals surface area contributed by atoms with Crippen LogP contribution in [-0.2, 0) is 16.0 Å². The van der Waals surface area contributed by atoms with E-state index in [9.17, 15) is 0 Å². The van der Waals surface area contributed by atoms with Gasteiger partial charge in [-0.05, 0) is 38.6 Å². The van der Waals surface area contributed by atoms with Crippen LogP contribution in [0, 0.1) is 0 Å². The Morgan fingerprint density at radius 3 is 2.17 bits per heavy atom. The molecule has 0 N–H and O–H groups in total. The van der Waals surface area contributed by atoms with Gasteiger partial charge >= 0.3 is 0 Å². The molecule has 3 nitrogen and oxygen atoms in total. The maximum absolute atomic E-state index is 5.54. The van der Waals surface area contributed by atoms with Crippen molar-refractivity contribution in [2.45, 2.75) is 26.7 Å². The Labute approximate surface area is 118 Å². The number of likely N-dealkylation sites (N-methyl/N-ethyl adjacent to an activating group) is 1. The lowest BCUT2D eigenvalue weighted by Gasteiger charge is -2.23. The first-order chi connectivity index (χ1) is 8.65. The van der Waals surface area contributed by atoms with Crippen molar-refractivity contribution >= 4 is 15.9 Å². The third-order valence-electron chi connectivity index (χ3n) is 2.53. The zero-order valence-electron chi connectivity index (χ0n) is 11.4. The molecule has 0 spiro atoms. The van der Waals surface area contributed by atoms with Crippen LogP contribution in [0.5, 0.6) is 0 Å². The van der Waals surface area contributed by atoms with E-state index in [1.807, 2.05) is 13.8 Å². The molecule has 0 aliphatic carbocycles. The Kier molecular flexibility index (Phi) is 7.51. The molecule has 0 aliphatic rings. The third kappa shape index (κ3) is 5.96. The molecule has 0 amide bonds. The van der Waals surface area contributed by atoms with Gasteiger partial charge in [-0.1, -0.05) is 28.1 Å². The van der Waals surface area contributed by atoms with Crippen LogP contribution in [-0.4, -0.2) is 38.0 Å². The number of hydrogen-bond acceptors (Lipinski definition) is 3. The third-order valence-corrected chi connectivity index (χ3v) is 3.06. The SMILES string of the molecule is CCOC(CN(C)Cc1ccc(Br)cc1)OCC. The van der Waals surface area contributed by atoms with Gasteiger partial charge in [0, 0.05) is 30.8 Å². The molecule has 1 aromatic rings. The maximum atomic E-state index is 5.54. The smallest absolute Gasteiger partial charge is 0.170 e. The van der Waals surface area contributed by atoms with Crippen LogP contribution in [0.15, 0.2) is 28.7 Å². The summed E-state index contributed by atoms with van der Waals surface area (Å²) in [6.07, 6.45) is -0.138. The van der Waals surface area contributed by atoms with E-state index in [0.717, 1.165) is 17.6 Å². The van der Waals surface area contributed by atoms with Crippen molar-refractivity contribution in [3.8, 4) is 0 Å². The predicted octanol–water partition coefficient (Wildman–Crippen LogP) is 3.28. The fourth-order valence-corrected chi connectivity index (χ4v) is 2.01.